The summed E-state index contributed by atoms with van der Waals surface area (Å²) in [5.74, 6) is 1.07. The number of pyridine rings is 1. The number of carbonyl (C=O) groups excluding carboxylic acids is 1. The van der Waals surface area contributed by atoms with Gasteiger partial charge in [-0.05, 0) is 65.5 Å². The Labute approximate surface area is 211 Å². The lowest BCUT2D eigenvalue weighted by Gasteiger charge is -2.38. The van der Waals surface area contributed by atoms with Crippen molar-refractivity contribution in [2.75, 3.05) is 5.32 Å². The number of ether oxygens (including phenoxy) is 2. The number of hydrogen-bond donors (Lipinski definition) is 1. The van der Waals surface area contributed by atoms with Crippen LogP contribution in [-0.2, 0) is 14.6 Å². The van der Waals surface area contributed by atoms with Crippen molar-refractivity contribution >= 4 is 27.4 Å². The molecule has 0 radical (unpaired) electrons. The maximum Gasteiger partial charge on any atom is 0.410 e. The Morgan fingerprint density at radius 3 is 2.39 bits per heavy atom. The van der Waals surface area contributed by atoms with Gasteiger partial charge >= 0.3 is 6.09 Å². The highest BCUT2D eigenvalue weighted by atomic mass is 32.2. The van der Waals surface area contributed by atoms with Gasteiger partial charge in [-0.2, -0.15) is 0 Å². The van der Waals surface area contributed by atoms with Gasteiger partial charge in [0.15, 0.2) is 14.9 Å². The molecular formula is C25H33N5O5S. The molecule has 2 aromatic heterocycles. The lowest BCUT2D eigenvalue weighted by Crippen LogP contribution is -2.50. The minimum absolute atomic E-state index is 0.0534. The highest BCUT2D eigenvalue weighted by Crippen LogP contribution is 2.39. The summed E-state index contributed by atoms with van der Waals surface area (Å²) in [6.07, 6.45) is 5.79. The standard InChI is InChI=1S/C25H33N5O5S/c1-14(2)34-25(31)30-17-5-6-18(30)12-19(11-17)35-24-15(3)23(26-13-27-24)29-21-9-10-22(28-16(21)4)36(32,33)20-7-8-20/h9-10,13-14,17-20H,5-8,11-12H2,1-4H3,(H,26,27,29)/t17-,18?,19+/m0/s1. The lowest BCUT2D eigenvalue weighted by atomic mass is 10.0. The Hall–Kier alpha value is -2.95. The number of anilines is 2. The van der Waals surface area contributed by atoms with Gasteiger partial charge in [-0.3, -0.25) is 0 Å². The van der Waals surface area contributed by atoms with Gasteiger partial charge < -0.3 is 19.7 Å². The fraction of sp³-hybridized carbons (Fsp3) is 0.600. The van der Waals surface area contributed by atoms with E-state index in [1.54, 1.807) is 19.1 Å². The summed E-state index contributed by atoms with van der Waals surface area (Å²) in [6.45, 7) is 7.38. The van der Waals surface area contributed by atoms with E-state index in [0.29, 0.717) is 35.9 Å². The SMILES string of the molecule is Cc1nc(S(=O)(=O)C2CC2)ccc1Nc1ncnc(O[C@H]2CC3CC[C@@H](C2)N3C(=O)OC(C)C)c1C. The Bertz CT molecular complexity index is 1250. The van der Waals surface area contributed by atoms with Gasteiger partial charge in [-0.1, -0.05) is 0 Å². The summed E-state index contributed by atoms with van der Waals surface area (Å²) in [4.78, 5) is 27.5. The molecule has 2 bridgehead atoms. The topological polar surface area (TPSA) is 124 Å². The molecule has 194 valence electrons. The van der Waals surface area contributed by atoms with Crippen molar-refractivity contribution in [2.45, 2.75) is 101 Å². The molecule has 1 saturated carbocycles. The summed E-state index contributed by atoms with van der Waals surface area (Å²) in [6, 6.07) is 3.49. The van der Waals surface area contributed by atoms with E-state index in [9.17, 15) is 13.2 Å². The molecule has 10 nitrogen and oxygen atoms in total. The second kappa shape index (κ2) is 9.49. The highest BCUT2D eigenvalue weighted by molar-refractivity contribution is 7.92. The van der Waals surface area contributed by atoms with Gasteiger partial charge in [0, 0.05) is 24.9 Å². The van der Waals surface area contributed by atoms with E-state index >= 15 is 0 Å². The number of nitrogens with one attached hydrogen (secondary N) is 1. The van der Waals surface area contributed by atoms with Crippen molar-refractivity contribution in [3.8, 4) is 5.88 Å². The van der Waals surface area contributed by atoms with Crippen molar-refractivity contribution in [1.82, 2.24) is 19.9 Å². The molecule has 11 heteroatoms. The third-order valence-electron chi connectivity index (χ3n) is 7.12. The number of amides is 1. The smallest absolute Gasteiger partial charge is 0.410 e. The van der Waals surface area contributed by atoms with Crippen LogP contribution < -0.4 is 10.1 Å². The monoisotopic (exact) mass is 515 g/mol. The summed E-state index contributed by atoms with van der Waals surface area (Å²) in [5, 5.41) is 3.08. The predicted octanol–water partition coefficient (Wildman–Crippen LogP) is 4.09. The molecule has 2 aromatic rings. The van der Waals surface area contributed by atoms with Crippen LogP contribution >= 0.6 is 0 Å². The van der Waals surface area contributed by atoms with Gasteiger partial charge in [-0.25, -0.2) is 28.2 Å². The average Bonchev–Trinajstić information content (AvgIpc) is 3.63. The molecule has 4 heterocycles. The van der Waals surface area contributed by atoms with Crippen LogP contribution in [0.25, 0.3) is 0 Å². The van der Waals surface area contributed by atoms with Crippen LogP contribution in [0.5, 0.6) is 5.88 Å². The zero-order valence-corrected chi connectivity index (χ0v) is 21.9. The molecule has 1 aliphatic carbocycles. The van der Waals surface area contributed by atoms with Crippen LogP contribution in [0.1, 0.15) is 63.6 Å². The summed E-state index contributed by atoms with van der Waals surface area (Å²) < 4.78 is 36.8. The normalized spacial score (nSPS) is 23.6. The van der Waals surface area contributed by atoms with E-state index in [2.05, 4.69) is 20.3 Å². The number of sulfone groups is 1. The van der Waals surface area contributed by atoms with Crippen molar-refractivity contribution in [3.63, 3.8) is 0 Å². The lowest BCUT2D eigenvalue weighted by molar-refractivity contribution is 0.0207. The summed E-state index contributed by atoms with van der Waals surface area (Å²) in [7, 11) is -3.35. The first-order valence-corrected chi connectivity index (χ1v) is 14.1. The summed E-state index contributed by atoms with van der Waals surface area (Å²) >= 11 is 0. The fourth-order valence-corrected chi connectivity index (χ4v) is 6.75. The van der Waals surface area contributed by atoms with Crippen molar-refractivity contribution in [3.05, 3.63) is 29.7 Å². The minimum Gasteiger partial charge on any atom is -0.474 e. The van der Waals surface area contributed by atoms with Gasteiger partial charge in [-0.15, -0.1) is 0 Å². The molecule has 3 fully saturated rings. The van der Waals surface area contributed by atoms with E-state index in [1.807, 2.05) is 25.7 Å². The first kappa shape index (κ1) is 24.7. The van der Waals surface area contributed by atoms with Crippen molar-refractivity contribution in [1.29, 1.82) is 0 Å². The Balaban J connectivity index is 1.27. The summed E-state index contributed by atoms with van der Waals surface area (Å²) in [5.41, 5.74) is 2.00. The van der Waals surface area contributed by atoms with Crippen molar-refractivity contribution < 1.29 is 22.7 Å². The molecule has 0 spiro atoms. The second-order valence-corrected chi connectivity index (χ2v) is 12.4. The molecule has 0 aromatic carbocycles. The number of fused-ring (bicyclic) bond motifs is 2. The number of carbonyl (C=O) groups is 1. The largest absolute Gasteiger partial charge is 0.474 e. The fourth-order valence-electron chi connectivity index (χ4n) is 5.13. The van der Waals surface area contributed by atoms with Gasteiger partial charge in [0.25, 0.3) is 0 Å². The quantitative estimate of drug-likeness (QED) is 0.581. The van der Waals surface area contributed by atoms with E-state index in [4.69, 9.17) is 9.47 Å². The Morgan fingerprint density at radius 2 is 1.78 bits per heavy atom. The van der Waals surface area contributed by atoms with E-state index in [1.165, 1.54) is 6.33 Å². The molecule has 3 atom stereocenters. The van der Waals surface area contributed by atoms with Gasteiger partial charge in [0.1, 0.15) is 18.2 Å². The van der Waals surface area contributed by atoms with Crippen LogP contribution in [-0.4, -0.2) is 63.9 Å². The van der Waals surface area contributed by atoms with Crippen LogP contribution in [0.15, 0.2) is 23.5 Å². The van der Waals surface area contributed by atoms with Crippen molar-refractivity contribution in [2.24, 2.45) is 0 Å². The number of nitrogens with zero attached hydrogens (tertiary/aromatic N) is 4. The first-order chi connectivity index (χ1) is 17.1. The molecule has 1 amide bonds. The van der Waals surface area contributed by atoms with E-state index < -0.39 is 9.84 Å². The molecule has 2 saturated heterocycles. The number of piperidine rings is 1. The molecule has 36 heavy (non-hydrogen) atoms. The number of aryl methyl sites for hydroxylation is 1. The first-order valence-electron chi connectivity index (χ1n) is 12.6. The third kappa shape index (κ3) is 4.85. The minimum atomic E-state index is -3.35. The number of aromatic nitrogens is 3. The van der Waals surface area contributed by atoms with Crippen LogP contribution in [0, 0.1) is 13.8 Å². The molecule has 3 aliphatic rings. The third-order valence-corrected chi connectivity index (χ3v) is 9.28. The van der Waals surface area contributed by atoms with Crippen LogP contribution in [0.3, 0.4) is 0 Å². The van der Waals surface area contributed by atoms with E-state index in [0.717, 1.165) is 31.2 Å². The Kier molecular flexibility index (Phi) is 6.52. The van der Waals surface area contributed by atoms with Crippen LogP contribution in [0.4, 0.5) is 16.3 Å². The maximum absolute atomic E-state index is 12.5. The van der Waals surface area contributed by atoms with Crippen LogP contribution in [0.2, 0.25) is 0 Å². The van der Waals surface area contributed by atoms with E-state index in [-0.39, 0.29) is 40.7 Å². The predicted molar refractivity (Wildman–Crippen MR) is 133 cm³/mol. The zero-order chi connectivity index (χ0) is 25.6. The molecule has 1 unspecified atom stereocenters. The Morgan fingerprint density at radius 1 is 1.08 bits per heavy atom. The average molecular weight is 516 g/mol. The highest BCUT2D eigenvalue weighted by Gasteiger charge is 2.45. The number of rotatable bonds is 7. The van der Waals surface area contributed by atoms with Gasteiger partial charge in [0.05, 0.1) is 28.3 Å². The molecular weight excluding hydrogens is 482 g/mol. The number of hydrogen-bond acceptors (Lipinski definition) is 9. The maximum atomic E-state index is 12.5. The zero-order valence-electron chi connectivity index (χ0n) is 21.1. The molecule has 1 N–H and O–H groups in total. The molecule has 2 aliphatic heterocycles. The van der Waals surface area contributed by atoms with Gasteiger partial charge in [0.2, 0.25) is 5.88 Å². The second-order valence-electron chi connectivity index (χ2n) is 10.2. The molecule has 5 rings (SSSR count).